The van der Waals surface area contributed by atoms with Crippen molar-refractivity contribution in [3.8, 4) is 0 Å². The molecule has 0 radical (unpaired) electrons. The van der Waals surface area contributed by atoms with E-state index in [0.29, 0.717) is 0 Å². The largest absolute Gasteiger partial charge is 0.320 e. The van der Waals surface area contributed by atoms with Gasteiger partial charge < -0.3 is 10.6 Å². The zero-order valence-corrected chi connectivity index (χ0v) is 8.94. The van der Waals surface area contributed by atoms with Crippen LogP contribution < -0.4 is 10.6 Å². The Bertz CT molecular complexity index is 109. The summed E-state index contributed by atoms with van der Waals surface area (Å²) in [5.41, 5.74) is 0. The Morgan fingerprint density at radius 2 is 1.85 bits per heavy atom. The molecule has 0 aliphatic heterocycles. The first kappa shape index (κ1) is 11.0. The molecule has 78 valence electrons. The molecule has 1 aliphatic rings. The molecule has 13 heavy (non-hydrogen) atoms. The maximum Gasteiger partial charge on any atom is -0.00368 e. The molecule has 2 heteroatoms. The van der Waals surface area contributed by atoms with Crippen LogP contribution >= 0.6 is 0 Å². The molecule has 0 heterocycles. The van der Waals surface area contributed by atoms with Crippen LogP contribution in [0.1, 0.15) is 38.5 Å². The first-order valence-corrected chi connectivity index (χ1v) is 5.79. The van der Waals surface area contributed by atoms with E-state index in [-0.39, 0.29) is 0 Å². The summed E-state index contributed by atoms with van der Waals surface area (Å²) in [6, 6.07) is 0. The Kier molecular flexibility index (Phi) is 6.21. The van der Waals surface area contributed by atoms with E-state index < -0.39 is 0 Å². The Hall–Kier alpha value is -0.0800. The number of rotatable bonds is 7. The fourth-order valence-electron chi connectivity index (χ4n) is 2.12. The van der Waals surface area contributed by atoms with E-state index in [2.05, 4.69) is 10.6 Å². The minimum atomic E-state index is 1.04. The molecular weight excluding hydrogens is 160 g/mol. The van der Waals surface area contributed by atoms with Gasteiger partial charge in [-0.25, -0.2) is 0 Å². The van der Waals surface area contributed by atoms with Gasteiger partial charge in [0.1, 0.15) is 0 Å². The highest BCUT2D eigenvalue weighted by Gasteiger charge is 2.13. The van der Waals surface area contributed by atoms with Crippen LogP contribution in [0.15, 0.2) is 0 Å². The van der Waals surface area contributed by atoms with E-state index in [1.807, 2.05) is 7.05 Å². The molecule has 1 aliphatic carbocycles. The maximum atomic E-state index is 3.51. The van der Waals surface area contributed by atoms with E-state index in [1.165, 1.54) is 51.6 Å². The summed E-state index contributed by atoms with van der Waals surface area (Å²) in [5.74, 6) is 1.04. The first-order valence-electron chi connectivity index (χ1n) is 5.79. The number of hydrogen-bond donors (Lipinski definition) is 2. The molecule has 1 saturated carbocycles. The fourth-order valence-corrected chi connectivity index (χ4v) is 2.12. The quantitative estimate of drug-likeness (QED) is 0.589. The number of nitrogens with one attached hydrogen (secondary N) is 2. The van der Waals surface area contributed by atoms with Crippen molar-refractivity contribution in [3.63, 3.8) is 0 Å². The van der Waals surface area contributed by atoms with Crippen LogP contribution in [0.2, 0.25) is 0 Å². The van der Waals surface area contributed by atoms with Gasteiger partial charge in [-0.15, -0.1) is 0 Å². The molecule has 2 nitrogen and oxygen atoms in total. The van der Waals surface area contributed by atoms with Crippen LogP contribution in [-0.2, 0) is 0 Å². The third kappa shape index (κ3) is 5.27. The molecule has 0 atom stereocenters. The molecule has 0 amide bonds. The summed E-state index contributed by atoms with van der Waals surface area (Å²) in [6.07, 6.45) is 8.58. The van der Waals surface area contributed by atoms with Crippen molar-refractivity contribution in [2.45, 2.75) is 38.5 Å². The lowest BCUT2D eigenvalue weighted by Gasteiger charge is -2.09. The number of hydrogen-bond acceptors (Lipinski definition) is 2. The second kappa shape index (κ2) is 7.34. The van der Waals surface area contributed by atoms with Gasteiger partial charge in [0, 0.05) is 0 Å². The molecule has 1 fully saturated rings. The second-order valence-electron chi connectivity index (χ2n) is 4.15. The van der Waals surface area contributed by atoms with Gasteiger partial charge in [0.15, 0.2) is 0 Å². The van der Waals surface area contributed by atoms with Crippen molar-refractivity contribution in [1.29, 1.82) is 0 Å². The second-order valence-corrected chi connectivity index (χ2v) is 4.15. The Morgan fingerprint density at radius 1 is 1.08 bits per heavy atom. The van der Waals surface area contributed by atoms with Gasteiger partial charge >= 0.3 is 0 Å². The van der Waals surface area contributed by atoms with Crippen LogP contribution in [0.3, 0.4) is 0 Å². The average molecular weight is 184 g/mol. The monoisotopic (exact) mass is 184 g/mol. The van der Waals surface area contributed by atoms with Crippen molar-refractivity contribution in [1.82, 2.24) is 10.6 Å². The predicted molar refractivity (Wildman–Crippen MR) is 58.0 cm³/mol. The Morgan fingerprint density at radius 3 is 2.54 bits per heavy atom. The minimum absolute atomic E-state index is 1.04. The van der Waals surface area contributed by atoms with Crippen LogP contribution in [0, 0.1) is 5.92 Å². The topological polar surface area (TPSA) is 24.1 Å². The van der Waals surface area contributed by atoms with Gasteiger partial charge in [-0.05, 0) is 45.4 Å². The molecule has 0 aromatic carbocycles. The van der Waals surface area contributed by atoms with Gasteiger partial charge in [-0.3, -0.25) is 0 Å². The summed E-state index contributed by atoms with van der Waals surface area (Å²) in [7, 11) is 2.01. The zero-order chi connectivity index (χ0) is 9.36. The minimum Gasteiger partial charge on any atom is -0.320 e. The summed E-state index contributed by atoms with van der Waals surface area (Å²) < 4.78 is 0. The third-order valence-electron chi connectivity index (χ3n) is 2.98. The van der Waals surface area contributed by atoms with Crippen molar-refractivity contribution in [3.05, 3.63) is 0 Å². The van der Waals surface area contributed by atoms with Gasteiger partial charge in [-0.1, -0.05) is 25.7 Å². The lowest BCUT2D eigenvalue weighted by atomic mass is 10.0. The lowest BCUT2D eigenvalue weighted by molar-refractivity contribution is 0.474. The Labute approximate surface area is 82.5 Å². The lowest BCUT2D eigenvalue weighted by Crippen LogP contribution is -2.21. The van der Waals surface area contributed by atoms with E-state index in [4.69, 9.17) is 0 Å². The van der Waals surface area contributed by atoms with Gasteiger partial charge in [0.05, 0.1) is 0 Å². The molecular formula is C11H24N2. The van der Waals surface area contributed by atoms with Crippen molar-refractivity contribution in [2.24, 2.45) is 5.92 Å². The molecule has 0 spiro atoms. The molecule has 0 unspecified atom stereocenters. The van der Waals surface area contributed by atoms with Gasteiger partial charge in [-0.2, -0.15) is 0 Å². The average Bonchev–Trinajstić information content (AvgIpc) is 2.63. The molecule has 0 bridgehead atoms. The SMILES string of the molecule is CNCCCNCCC1CCCC1. The summed E-state index contributed by atoms with van der Waals surface area (Å²) in [6.45, 7) is 3.54. The van der Waals surface area contributed by atoms with Crippen LogP contribution in [0.4, 0.5) is 0 Å². The molecule has 0 saturated heterocycles. The summed E-state index contributed by atoms with van der Waals surface area (Å²) in [4.78, 5) is 0. The van der Waals surface area contributed by atoms with Gasteiger partial charge in [0.25, 0.3) is 0 Å². The van der Waals surface area contributed by atoms with Crippen LogP contribution in [-0.4, -0.2) is 26.7 Å². The van der Waals surface area contributed by atoms with Crippen molar-refractivity contribution >= 4 is 0 Å². The van der Waals surface area contributed by atoms with Crippen LogP contribution in [0.25, 0.3) is 0 Å². The van der Waals surface area contributed by atoms with E-state index in [0.717, 1.165) is 12.5 Å². The third-order valence-corrected chi connectivity index (χ3v) is 2.98. The van der Waals surface area contributed by atoms with Crippen molar-refractivity contribution < 1.29 is 0 Å². The fraction of sp³-hybridized carbons (Fsp3) is 1.00. The van der Waals surface area contributed by atoms with E-state index in [1.54, 1.807) is 0 Å². The smallest absolute Gasteiger partial charge is 0.00368 e. The predicted octanol–water partition coefficient (Wildman–Crippen LogP) is 1.77. The zero-order valence-electron chi connectivity index (χ0n) is 8.94. The summed E-state index contributed by atoms with van der Waals surface area (Å²) in [5, 5.41) is 6.67. The molecule has 2 N–H and O–H groups in total. The standard InChI is InChI=1S/C11H24N2/c1-12-8-4-9-13-10-7-11-5-2-3-6-11/h11-13H,2-10H2,1H3. The molecule has 0 aromatic rings. The first-order chi connectivity index (χ1) is 6.43. The van der Waals surface area contributed by atoms with Gasteiger partial charge in [0.2, 0.25) is 0 Å². The summed E-state index contributed by atoms with van der Waals surface area (Å²) >= 11 is 0. The highest BCUT2D eigenvalue weighted by molar-refractivity contribution is 4.68. The van der Waals surface area contributed by atoms with Crippen LogP contribution in [0.5, 0.6) is 0 Å². The van der Waals surface area contributed by atoms with E-state index >= 15 is 0 Å². The highest BCUT2D eigenvalue weighted by atomic mass is 14.9. The maximum absolute atomic E-state index is 3.51. The van der Waals surface area contributed by atoms with Crippen molar-refractivity contribution in [2.75, 3.05) is 26.7 Å². The highest BCUT2D eigenvalue weighted by Crippen LogP contribution is 2.26. The normalized spacial score (nSPS) is 18.2. The van der Waals surface area contributed by atoms with E-state index in [9.17, 15) is 0 Å². The molecule has 1 rings (SSSR count). The molecule has 0 aromatic heterocycles. The Balaban J connectivity index is 1.78.